The fourth-order valence-electron chi connectivity index (χ4n) is 1.54. The Morgan fingerprint density at radius 3 is 2.53 bits per heavy atom. The Morgan fingerprint density at radius 1 is 1.40 bits per heavy atom. The molecule has 0 aromatic rings. The van der Waals surface area contributed by atoms with Crippen LogP contribution in [0.15, 0.2) is 11.8 Å². The van der Waals surface area contributed by atoms with E-state index in [9.17, 15) is 9.59 Å². The number of ketones is 1. The standard InChI is InChI=1S/C10H16N2O3/c1-11(2)7-8-3-5-12(10(14)15)6-4-9(8)13/h7H,3-6H2,1-2H3,(H,14,15). The van der Waals surface area contributed by atoms with Crippen molar-refractivity contribution < 1.29 is 14.7 Å². The van der Waals surface area contributed by atoms with Crippen molar-refractivity contribution in [2.45, 2.75) is 12.8 Å². The SMILES string of the molecule is CN(C)C=C1CCN(C(=O)O)CCC1=O. The van der Waals surface area contributed by atoms with Crippen molar-refractivity contribution in [1.29, 1.82) is 0 Å². The molecule has 1 N–H and O–H groups in total. The van der Waals surface area contributed by atoms with Gasteiger partial charge in [0.1, 0.15) is 0 Å². The van der Waals surface area contributed by atoms with Crippen LogP contribution in [0.4, 0.5) is 4.79 Å². The van der Waals surface area contributed by atoms with E-state index in [0.29, 0.717) is 25.1 Å². The highest BCUT2D eigenvalue weighted by Gasteiger charge is 2.21. The molecular weight excluding hydrogens is 196 g/mol. The van der Waals surface area contributed by atoms with Gasteiger partial charge in [0, 0.05) is 45.4 Å². The minimum atomic E-state index is -0.950. The summed E-state index contributed by atoms with van der Waals surface area (Å²) in [4.78, 5) is 25.4. The number of carbonyl (C=O) groups is 2. The van der Waals surface area contributed by atoms with Gasteiger partial charge in [0.2, 0.25) is 0 Å². The lowest BCUT2D eigenvalue weighted by molar-refractivity contribution is -0.115. The minimum Gasteiger partial charge on any atom is -0.465 e. The van der Waals surface area contributed by atoms with Crippen LogP contribution in [-0.2, 0) is 4.79 Å². The second-order valence-corrected chi connectivity index (χ2v) is 3.81. The van der Waals surface area contributed by atoms with Crippen molar-refractivity contribution >= 4 is 11.9 Å². The van der Waals surface area contributed by atoms with Gasteiger partial charge in [-0.15, -0.1) is 0 Å². The average molecular weight is 212 g/mol. The quantitative estimate of drug-likeness (QED) is 0.652. The molecule has 1 fully saturated rings. The predicted molar refractivity (Wildman–Crippen MR) is 55.6 cm³/mol. The summed E-state index contributed by atoms with van der Waals surface area (Å²) < 4.78 is 0. The Balaban J connectivity index is 2.72. The van der Waals surface area contributed by atoms with Gasteiger partial charge in [-0.05, 0) is 6.42 Å². The van der Waals surface area contributed by atoms with E-state index in [4.69, 9.17) is 5.11 Å². The molecule has 1 saturated heterocycles. The van der Waals surface area contributed by atoms with Gasteiger partial charge < -0.3 is 14.9 Å². The van der Waals surface area contributed by atoms with Gasteiger partial charge in [-0.1, -0.05) is 0 Å². The monoisotopic (exact) mass is 212 g/mol. The maximum Gasteiger partial charge on any atom is 0.407 e. The van der Waals surface area contributed by atoms with E-state index >= 15 is 0 Å². The van der Waals surface area contributed by atoms with E-state index in [1.165, 1.54) is 4.90 Å². The molecule has 1 heterocycles. The molecule has 0 unspecified atom stereocenters. The molecule has 5 nitrogen and oxygen atoms in total. The molecule has 1 rings (SSSR count). The fraction of sp³-hybridized carbons (Fsp3) is 0.600. The van der Waals surface area contributed by atoms with E-state index in [0.717, 1.165) is 0 Å². The molecule has 84 valence electrons. The zero-order valence-electron chi connectivity index (χ0n) is 9.06. The van der Waals surface area contributed by atoms with Gasteiger partial charge in [0.05, 0.1) is 0 Å². The second kappa shape index (κ2) is 4.82. The van der Waals surface area contributed by atoms with Crippen LogP contribution in [-0.4, -0.2) is 54.0 Å². The van der Waals surface area contributed by atoms with Crippen molar-refractivity contribution in [3.05, 3.63) is 11.8 Å². The molecule has 1 aliphatic heterocycles. The summed E-state index contributed by atoms with van der Waals surface area (Å²) in [6.07, 6.45) is 1.61. The Morgan fingerprint density at radius 2 is 2.00 bits per heavy atom. The number of hydrogen-bond acceptors (Lipinski definition) is 3. The Bertz CT molecular complexity index is 297. The average Bonchev–Trinajstić information content (AvgIpc) is 2.29. The summed E-state index contributed by atoms with van der Waals surface area (Å²) in [6.45, 7) is 0.708. The third kappa shape index (κ3) is 3.27. The number of nitrogens with zero attached hydrogens (tertiary/aromatic N) is 2. The minimum absolute atomic E-state index is 0.0486. The van der Waals surface area contributed by atoms with E-state index in [-0.39, 0.29) is 12.2 Å². The summed E-state index contributed by atoms with van der Waals surface area (Å²) in [5.74, 6) is 0.0486. The number of Topliss-reactive ketones (excluding diaryl/α,β-unsaturated/α-hetero) is 1. The van der Waals surface area contributed by atoms with Crippen molar-refractivity contribution in [3.63, 3.8) is 0 Å². The van der Waals surface area contributed by atoms with Gasteiger partial charge in [-0.2, -0.15) is 0 Å². The first-order valence-corrected chi connectivity index (χ1v) is 4.89. The van der Waals surface area contributed by atoms with Gasteiger partial charge in [0.25, 0.3) is 0 Å². The number of rotatable bonds is 1. The van der Waals surface area contributed by atoms with Crippen LogP contribution < -0.4 is 0 Å². The molecule has 0 aromatic heterocycles. The third-order valence-electron chi connectivity index (χ3n) is 2.30. The van der Waals surface area contributed by atoms with Crippen molar-refractivity contribution in [2.24, 2.45) is 0 Å². The third-order valence-corrected chi connectivity index (χ3v) is 2.30. The molecule has 0 aromatic carbocycles. The smallest absolute Gasteiger partial charge is 0.407 e. The van der Waals surface area contributed by atoms with E-state index in [2.05, 4.69) is 0 Å². The second-order valence-electron chi connectivity index (χ2n) is 3.81. The molecule has 5 heteroatoms. The lowest BCUT2D eigenvalue weighted by Crippen LogP contribution is -2.30. The van der Waals surface area contributed by atoms with Gasteiger partial charge in [-0.3, -0.25) is 4.79 Å². The zero-order chi connectivity index (χ0) is 11.4. The molecule has 0 atom stereocenters. The molecule has 0 radical (unpaired) electrons. The Labute approximate surface area is 89.0 Å². The highest BCUT2D eigenvalue weighted by molar-refractivity contribution is 5.95. The Kier molecular flexibility index (Phi) is 3.71. The molecule has 15 heavy (non-hydrogen) atoms. The highest BCUT2D eigenvalue weighted by atomic mass is 16.4. The van der Waals surface area contributed by atoms with Crippen molar-refractivity contribution in [1.82, 2.24) is 9.80 Å². The molecule has 0 saturated carbocycles. The van der Waals surface area contributed by atoms with Crippen LogP contribution in [0.1, 0.15) is 12.8 Å². The first kappa shape index (κ1) is 11.6. The number of carboxylic acid groups (broad SMARTS) is 1. The Hall–Kier alpha value is -1.52. The summed E-state index contributed by atoms with van der Waals surface area (Å²) in [7, 11) is 3.69. The van der Waals surface area contributed by atoms with Crippen LogP contribution in [0.2, 0.25) is 0 Å². The van der Waals surface area contributed by atoms with Gasteiger partial charge in [-0.25, -0.2) is 4.79 Å². The van der Waals surface area contributed by atoms with Crippen LogP contribution in [0.5, 0.6) is 0 Å². The summed E-state index contributed by atoms with van der Waals surface area (Å²) >= 11 is 0. The van der Waals surface area contributed by atoms with Crippen molar-refractivity contribution in [3.8, 4) is 0 Å². The first-order valence-electron chi connectivity index (χ1n) is 4.89. The van der Waals surface area contributed by atoms with Crippen LogP contribution in [0.3, 0.4) is 0 Å². The highest BCUT2D eigenvalue weighted by Crippen LogP contribution is 2.13. The lowest BCUT2D eigenvalue weighted by atomic mass is 10.1. The lowest BCUT2D eigenvalue weighted by Gasteiger charge is -2.14. The molecule has 0 spiro atoms. The first-order chi connectivity index (χ1) is 7.00. The summed E-state index contributed by atoms with van der Waals surface area (Å²) in [5, 5.41) is 8.80. The zero-order valence-corrected chi connectivity index (χ0v) is 9.06. The van der Waals surface area contributed by atoms with Crippen LogP contribution >= 0.6 is 0 Å². The fourth-order valence-corrected chi connectivity index (χ4v) is 1.54. The van der Waals surface area contributed by atoms with E-state index < -0.39 is 6.09 Å². The van der Waals surface area contributed by atoms with Gasteiger partial charge in [0.15, 0.2) is 5.78 Å². The topological polar surface area (TPSA) is 60.9 Å². The van der Waals surface area contributed by atoms with Crippen molar-refractivity contribution in [2.75, 3.05) is 27.2 Å². The maximum absolute atomic E-state index is 11.6. The molecular formula is C10H16N2O3. The van der Waals surface area contributed by atoms with Crippen LogP contribution in [0, 0.1) is 0 Å². The largest absolute Gasteiger partial charge is 0.465 e. The molecule has 1 aliphatic rings. The molecule has 0 bridgehead atoms. The number of likely N-dealkylation sites (tertiary alicyclic amines) is 1. The number of amides is 1. The van der Waals surface area contributed by atoms with Gasteiger partial charge >= 0.3 is 6.09 Å². The van der Waals surface area contributed by atoms with E-state index in [1.807, 2.05) is 19.0 Å². The number of carbonyl (C=O) groups excluding carboxylic acids is 1. The van der Waals surface area contributed by atoms with E-state index in [1.54, 1.807) is 6.20 Å². The number of hydrogen-bond donors (Lipinski definition) is 1. The normalized spacial score (nSPS) is 20.3. The predicted octanol–water partition coefficient (Wildman–Crippen LogP) is 0.775. The summed E-state index contributed by atoms with van der Waals surface area (Å²) in [5.41, 5.74) is 0.712. The van der Waals surface area contributed by atoms with Crippen LogP contribution in [0.25, 0.3) is 0 Å². The summed E-state index contributed by atoms with van der Waals surface area (Å²) in [6, 6.07) is 0. The maximum atomic E-state index is 11.6. The molecule has 0 aliphatic carbocycles. The molecule has 1 amide bonds.